The zero-order valence-corrected chi connectivity index (χ0v) is 7.79. The predicted octanol–water partition coefficient (Wildman–Crippen LogP) is 2.24. The normalized spacial score (nSPS) is 26.9. The first-order valence-corrected chi connectivity index (χ1v) is 4.56. The lowest BCUT2D eigenvalue weighted by atomic mass is 10.1. The standard InChI is InChI=1S/C10H10F3NO/c11-10(12,13)9-14-8(6-15-9)7-4-2-1-3-5-7/h1-5,8-9,14H,6H2/t8-,9-/m0/s1. The smallest absolute Gasteiger partial charge is 0.352 e. The minimum atomic E-state index is -4.34. The van der Waals surface area contributed by atoms with Gasteiger partial charge in [-0.3, -0.25) is 5.32 Å². The molecule has 0 aliphatic carbocycles. The fraction of sp³-hybridized carbons (Fsp3) is 0.400. The summed E-state index contributed by atoms with van der Waals surface area (Å²) >= 11 is 0. The highest BCUT2D eigenvalue weighted by Gasteiger charge is 2.45. The van der Waals surface area contributed by atoms with Crippen LogP contribution < -0.4 is 5.32 Å². The molecule has 0 unspecified atom stereocenters. The van der Waals surface area contributed by atoms with Crippen molar-refractivity contribution in [3.8, 4) is 0 Å². The molecule has 0 bridgehead atoms. The molecule has 2 atom stereocenters. The maximum atomic E-state index is 12.3. The largest absolute Gasteiger partial charge is 0.428 e. The summed E-state index contributed by atoms with van der Waals surface area (Å²) in [6.45, 7) is 0.0498. The first kappa shape index (κ1) is 10.4. The lowest BCUT2D eigenvalue weighted by Crippen LogP contribution is -2.39. The third kappa shape index (κ3) is 2.30. The average molecular weight is 217 g/mol. The van der Waals surface area contributed by atoms with Crippen molar-refractivity contribution in [1.82, 2.24) is 5.32 Å². The van der Waals surface area contributed by atoms with E-state index in [1.54, 1.807) is 24.3 Å². The zero-order chi connectivity index (χ0) is 10.9. The average Bonchev–Trinajstić information content (AvgIpc) is 2.67. The Morgan fingerprint density at radius 3 is 2.40 bits per heavy atom. The van der Waals surface area contributed by atoms with Crippen LogP contribution in [0.25, 0.3) is 0 Å². The molecule has 2 rings (SSSR count). The Bertz CT molecular complexity index is 325. The summed E-state index contributed by atoms with van der Waals surface area (Å²) < 4.78 is 41.4. The van der Waals surface area contributed by atoms with Crippen molar-refractivity contribution >= 4 is 0 Å². The second kappa shape index (κ2) is 3.83. The van der Waals surface area contributed by atoms with Gasteiger partial charge in [0.15, 0.2) is 0 Å². The molecule has 2 nitrogen and oxygen atoms in total. The van der Waals surface area contributed by atoms with Crippen molar-refractivity contribution in [1.29, 1.82) is 0 Å². The minimum absolute atomic E-state index is 0.0498. The van der Waals surface area contributed by atoms with Gasteiger partial charge in [-0.2, -0.15) is 13.2 Å². The van der Waals surface area contributed by atoms with Gasteiger partial charge in [0.25, 0.3) is 0 Å². The molecule has 0 radical (unpaired) electrons. The van der Waals surface area contributed by atoms with Gasteiger partial charge in [-0.05, 0) is 5.56 Å². The van der Waals surface area contributed by atoms with Crippen LogP contribution in [0, 0.1) is 0 Å². The Balaban J connectivity index is 2.05. The molecule has 1 aromatic rings. The Morgan fingerprint density at radius 1 is 1.20 bits per heavy atom. The Morgan fingerprint density at radius 2 is 1.87 bits per heavy atom. The number of rotatable bonds is 1. The van der Waals surface area contributed by atoms with Gasteiger partial charge in [0, 0.05) is 0 Å². The first-order valence-electron chi connectivity index (χ1n) is 4.56. The Labute approximate surface area is 85.0 Å². The van der Waals surface area contributed by atoms with Crippen LogP contribution in [-0.2, 0) is 4.74 Å². The van der Waals surface area contributed by atoms with Gasteiger partial charge in [0.05, 0.1) is 12.6 Å². The molecule has 5 heteroatoms. The van der Waals surface area contributed by atoms with Crippen molar-refractivity contribution in [3.05, 3.63) is 35.9 Å². The van der Waals surface area contributed by atoms with Gasteiger partial charge in [-0.25, -0.2) is 0 Å². The van der Waals surface area contributed by atoms with Gasteiger partial charge in [-0.1, -0.05) is 30.3 Å². The molecular weight excluding hydrogens is 207 g/mol. The van der Waals surface area contributed by atoms with Crippen LogP contribution in [0.4, 0.5) is 13.2 Å². The number of nitrogens with one attached hydrogen (secondary N) is 1. The Kier molecular flexibility index (Phi) is 2.67. The fourth-order valence-electron chi connectivity index (χ4n) is 1.54. The van der Waals surface area contributed by atoms with E-state index in [2.05, 4.69) is 10.1 Å². The minimum Gasteiger partial charge on any atom is -0.352 e. The molecule has 1 fully saturated rings. The zero-order valence-electron chi connectivity index (χ0n) is 7.79. The van der Waals surface area contributed by atoms with Gasteiger partial charge >= 0.3 is 6.18 Å². The summed E-state index contributed by atoms with van der Waals surface area (Å²) in [7, 11) is 0. The van der Waals surface area contributed by atoms with E-state index in [1.165, 1.54) is 0 Å². The van der Waals surface area contributed by atoms with E-state index in [-0.39, 0.29) is 12.6 Å². The molecule has 1 aliphatic heterocycles. The lowest BCUT2D eigenvalue weighted by molar-refractivity contribution is -0.212. The molecule has 0 amide bonds. The third-order valence-corrected chi connectivity index (χ3v) is 2.28. The number of benzene rings is 1. The molecule has 1 saturated heterocycles. The number of hydrogen-bond donors (Lipinski definition) is 1. The molecule has 1 heterocycles. The highest BCUT2D eigenvalue weighted by molar-refractivity contribution is 5.19. The Hall–Kier alpha value is -1.07. The molecule has 1 N–H and O–H groups in total. The van der Waals surface area contributed by atoms with Crippen LogP contribution in [0.5, 0.6) is 0 Å². The number of hydrogen-bond acceptors (Lipinski definition) is 2. The molecule has 15 heavy (non-hydrogen) atoms. The summed E-state index contributed by atoms with van der Waals surface area (Å²) in [6, 6.07) is 8.58. The van der Waals surface area contributed by atoms with Crippen LogP contribution in [0.1, 0.15) is 11.6 Å². The van der Waals surface area contributed by atoms with Crippen LogP contribution >= 0.6 is 0 Å². The molecule has 1 aliphatic rings. The topological polar surface area (TPSA) is 21.3 Å². The maximum Gasteiger partial charge on any atom is 0.428 e. The van der Waals surface area contributed by atoms with E-state index in [1.807, 2.05) is 6.07 Å². The van der Waals surface area contributed by atoms with Crippen molar-refractivity contribution in [3.63, 3.8) is 0 Å². The van der Waals surface area contributed by atoms with Crippen LogP contribution in [0.15, 0.2) is 30.3 Å². The molecule has 0 spiro atoms. The van der Waals surface area contributed by atoms with Crippen LogP contribution in [-0.4, -0.2) is 19.0 Å². The van der Waals surface area contributed by atoms with Gasteiger partial charge in [0.2, 0.25) is 6.23 Å². The number of alkyl halides is 3. The number of halogens is 3. The van der Waals surface area contributed by atoms with Crippen molar-refractivity contribution in [2.45, 2.75) is 18.4 Å². The summed E-state index contributed by atoms with van der Waals surface area (Å²) in [5.41, 5.74) is 0.809. The summed E-state index contributed by atoms with van der Waals surface area (Å²) in [5.74, 6) is 0. The van der Waals surface area contributed by atoms with Gasteiger partial charge in [-0.15, -0.1) is 0 Å². The lowest BCUT2D eigenvalue weighted by Gasteiger charge is -2.15. The van der Waals surface area contributed by atoms with Crippen LogP contribution in [0.2, 0.25) is 0 Å². The van der Waals surface area contributed by atoms with E-state index < -0.39 is 12.4 Å². The quantitative estimate of drug-likeness (QED) is 0.778. The van der Waals surface area contributed by atoms with E-state index in [9.17, 15) is 13.2 Å². The van der Waals surface area contributed by atoms with E-state index in [4.69, 9.17) is 0 Å². The van der Waals surface area contributed by atoms with Crippen molar-refractivity contribution in [2.24, 2.45) is 0 Å². The van der Waals surface area contributed by atoms with Gasteiger partial charge < -0.3 is 4.74 Å². The summed E-state index contributed by atoms with van der Waals surface area (Å²) in [5, 5.41) is 2.40. The molecule has 1 aromatic carbocycles. The van der Waals surface area contributed by atoms with Gasteiger partial charge in [0.1, 0.15) is 0 Å². The summed E-state index contributed by atoms with van der Waals surface area (Å²) in [4.78, 5) is 0. The summed E-state index contributed by atoms with van der Waals surface area (Å²) in [6.07, 6.45) is -6.19. The second-order valence-electron chi connectivity index (χ2n) is 3.38. The van der Waals surface area contributed by atoms with Crippen molar-refractivity contribution in [2.75, 3.05) is 6.61 Å². The van der Waals surface area contributed by atoms with E-state index >= 15 is 0 Å². The van der Waals surface area contributed by atoms with E-state index in [0.29, 0.717) is 0 Å². The molecule has 82 valence electrons. The monoisotopic (exact) mass is 217 g/mol. The third-order valence-electron chi connectivity index (χ3n) is 2.28. The SMILES string of the molecule is FC(F)(F)[C@H]1N[C@H](c2ccccc2)CO1. The molecular formula is C10H10F3NO. The predicted molar refractivity (Wildman–Crippen MR) is 48.1 cm³/mol. The molecule has 0 saturated carbocycles. The fourth-order valence-corrected chi connectivity index (χ4v) is 1.54. The highest BCUT2D eigenvalue weighted by Crippen LogP contribution is 2.29. The molecule has 0 aromatic heterocycles. The number of ether oxygens (including phenoxy) is 1. The second-order valence-corrected chi connectivity index (χ2v) is 3.38. The van der Waals surface area contributed by atoms with E-state index in [0.717, 1.165) is 5.56 Å². The maximum absolute atomic E-state index is 12.3. The van der Waals surface area contributed by atoms with Crippen LogP contribution in [0.3, 0.4) is 0 Å². The van der Waals surface area contributed by atoms with Crippen molar-refractivity contribution < 1.29 is 17.9 Å². The highest BCUT2D eigenvalue weighted by atomic mass is 19.4. The first-order chi connectivity index (χ1) is 7.07.